The van der Waals surface area contributed by atoms with Gasteiger partial charge >= 0.3 is 0 Å². The van der Waals surface area contributed by atoms with Crippen molar-refractivity contribution >= 4 is 21.7 Å². The molecule has 0 aromatic heterocycles. The highest BCUT2D eigenvalue weighted by Crippen LogP contribution is 2.38. The number of sulfonamides is 1. The molecule has 0 bridgehead atoms. The number of carbonyl (C=O) groups is 2. The van der Waals surface area contributed by atoms with Gasteiger partial charge in [-0.15, -0.1) is 0 Å². The average molecular weight is 385 g/mol. The highest BCUT2D eigenvalue weighted by atomic mass is 32.2. The third kappa shape index (κ3) is 3.57. The number of hydrogen-bond acceptors (Lipinski definition) is 4. The Morgan fingerprint density at radius 2 is 1.46 bits per heavy atom. The molecule has 1 heterocycles. The first-order chi connectivity index (χ1) is 12.2. The molecule has 148 valence electrons. The van der Waals surface area contributed by atoms with Gasteiger partial charge in [-0.05, 0) is 52.4 Å². The second-order valence-corrected chi connectivity index (χ2v) is 10.6. The van der Waals surface area contributed by atoms with Gasteiger partial charge in [0.25, 0.3) is 0 Å². The summed E-state index contributed by atoms with van der Waals surface area (Å²) in [6.45, 7) is 5.56. The van der Waals surface area contributed by atoms with Crippen LogP contribution in [0.15, 0.2) is 0 Å². The van der Waals surface area contributed by atoms with Crippen molar-refractivity contribution in [1.29, 1.82) is 0 Å². The second-order valence-electron chi connectivity index (χ2n) is 8.39. The summed E-state index contributed by atoms with van der Waals surface area (Å²) in [5.41, 5.74) is 0. The molecule has 2 saturated carbocycles. The number of Topliss-reactive ketones (excluding diaryl/α,β-unsaturated/α-hetero) is 1. The van der Waals surface area contributed by atoms with E-state index in [4.69, 9.17) is 0 Å². The van der Waals surface area contributed by atoms with Crippen LogP contribution >= 0.6 is 0 Å². The van der Waals surface area contributed by atoms with Gasteiger partial charge in [0.05, 0.1) is 5.25 Å². The Labute approximate surface area is 157 Å². The van der Waals surface area contributed by atoms with Crippen molar-refractivity contribution in [1.82, 2.24) is 9.21 Å². The Morgan fingerprint density at radius 3 is 2.00 bits per heavy atom. The van der Waals surface area contributed by atoms with Gasteiger partial charge in [-0.1, -0.05) is 12.8 Å². The number of fused-ring (bicyclic) bond motifs is 1. The normalized spacial score (nSPS) is 36.4. The van der Waals surface area contributed by atoms with Gasteiger partial charge in [0.15, 0.2) is 0 Å². The summed E-state index contributed by atoms with van der Waals surface area (Å²) in [4.78, 5) is 25.7. The van der Waals surface area contributed by atoms with E-state index in [1.807, 2.05) is 11.8 Å². The molecule has 3 atom stereocenters. The van der Waals surface area contributed by atoms with Crippen LogP contribution in [0.4, 0.5) is 0 Å². The van der Waals surface area contributed by atoms with Gasteiger partial charge in [-0.2, -0.15) is 4.31 Å². The van der Waals surface area contributed by atoms with Crippen molar-refractivity contribution < 1.29 is 18.0 Å². The third-order valence-corrected chi connectivity index (χ3v) is 9.09. The van der Waals surface area contributed by atoms with E-state index in [9.17, 15) is 18.0 Å². The maximum atomic E-state index is 13.4. The van der Waals surface area contributed by atoms with E-state index >= 15 is 0 Å². The average Bonchev–Trinajstić information content (AvgIpc) is 2.60. The largest absolute Gasteiger partial charge is 0.334 e. The Kier molecular flexibility index (Phi) is 5.78. The van der Waals surface area contributed by atoms with Gasteiger partial charge in [0, 0.05) is 37.5 Å². The van der Waals surface area contributed by atoms with Crippen LogP contribution in [-0.2, 0) is 19.6 Å². The van der Waals surface area contributed by atoms with E-state index in [2.05, 4.69) is 0 Å². The number of carbonyl (C=O) groups excluding carboxylic acids is 2. The van der Waals surface area contributed by atoms with Crippen molar-refractivity contribution in [2.75, 3.05) is 6.54 Å². The standard InChI is InChI=1S/C19H32N2O4S/c1-13-12-20(18-6-4-5-7-19(18)21(13)15(3)23)26(24,25)17-10-8-16(9-11-17)14(2)22/h13,16-19H,4-12H2,1-3H3/t13-,16?,17?,18?,19?/m0/s1. The molecule has 7 heteroatoms. The molecular weight excluding hydrogens is 352 g/mol. The van der Waals surface area contributed by atoms with Crippen molar-refractivity contribution in [3.05, 3.63) is 0 Å². The summed E-state index contributed by atoms with van der Waals surface area (Å²) in [7, 11) is -3.40. The van der Waals surface area contributed by atoms with Gasteiger partial charge in [0.1, 0.15) is 5.78 Å². The lowest BCUT2D eigenvalue weighted by atomic mass is 9.86. The molecule has 3 fully saturated rings. The summed E-state index contributed by atoms with van der Waals surface area (Å²) in [5, 5.41) is -0.378. The van der Waals surface area contributed by atoms with Crippen LogP contribution in [0.1, 0.15) is 72.1 Å². The molecular formula is C19H32N2O4S. The number of rotatable bonds is 3. The fourth-order valence-corrected chi connectivity index (χ4v) is 7.66. The second kappa shape index (κ2) is 7.58. The molecule has 6 nitrogen and oxygen atoms in total. The zero-order valence-corrected chi connectivity index (χ0v) is 17.0. The van der Waals surface area contributed by atoms with E-state index in [-0.39, 0.29) is 41.0 Å². The number of piperazine rings is 1. The van der Waals surface area contributed by atoms with E-state index < -0.39 is 10.0 Å². The Balaban J connectivity index is 1.81. The lowest BCUT2D eigenvalue weighted by Gasteiger charge is -2.52. The first-order valence-corrected chi connectivity index (χ1v) is 11.5. The molecule has 1 amide bonds. The predicted octanol–water partition coefficient (Wildman–Crippen LogP) is 2.33. The lowest BCUT2D eigenvalue weighted by Crippen LogP contribution is -2.67. The van der Waals surface area contributed by atoms with Crippen LogP contribution in [0.3, 0.4) is 0 Å². The highest BCUT2D eigenvalue weighted by Gasteiger charge is 2.48. The van der Waals surface area contributed by atoms with E-state index in [0.717, 1.165) is 25.7 Å². The van der Waals surface area contributed by atoms with Crippen molar-refractivity contribution in [2.24, 2.45) is 5.92 Å². The van der Waals surface area contributed by atoms with Gasteiger partial charge < -0.3 is 4.90 Å². The van der Waals surface area contributed by atoms with Crippen LogP contribution in [0.25, 0.3) is 0 Å². The summed E-state index contributed by atoms with van der Waals surface area (Å²) in [6.07, 6.45) is 6.30. The first kappa shape index (κ1) is 19.8. The topological polar surface area (TPSA) is 74.8 Å². The minimum absolute atomic E-state index is 0.00772. The van der Waals surface area contributed by atoms with Crippen LogP contribution in [0.5, 0.6) is 0 Å². The third-order valence-electron chi connectivity index (χ3n) is 6.70. The maximum Gasteiger partial charge on any atom is 0.220 e. The van der Waals surface area contributed by atoms with E-state index in [1.165, 1.54) is 0 Å². The van der Waals surface area contributed by atoms with Gasteiger partial charge in [-0.25, -0.2) is 8.42 Å². The molecule has 2 unspecified atom stereocenters. The molecule has 2 aliphatic carbocycles. The summed E-state index contributed by atoms with van der Waals surface area (Å²) < 4.78 is 28.6. The maximum absolute atomic E-state index is 13.4. The van der Waals surface area contributed by atoms with Crippen LogP contribution in [0, 0.1) is 5.92 Å². The van der Waals surface area contributed by atoms with E-state index in [0.29, 0.717) is 32.2 Å². The molecule has 1 aliphatic heterocycles. The molecule has 3 aliphatic rings. The highest BCUT2D eigenvalue weighted by molar-refractivity contribution is 7.89. The van der Waals surface area contributed by atoms with Crippen LogP contribution in [0.2, 0.25) is 0 Å². The fraction of sp³-hybridized carbons (Fsp3) is 0.895. The minimum Gasteiger partial charge on any atom is -0.334 e. The minimum atomic E-state index is -3.40. The molecule has 0 aromatic rings. The Bertz CT molecular complexity index is 654. The predicted molar refractivity (Wildman–Crippen MR) is 100 cm³/mol. The van der Waals surface area contributed by atoms with Gasteiger partial charge in [-0.3, -0.25) is 9.59 Å². The summed E-state index contributed by atoms with van der Waals surface area (Å²) >= 11 is 0. The SMILES string of the molecule is CC(=O)C1CCC(S(=O)(=O)N2C[C@H](C)N(C(C)=O)C3CCCCC32)CC1. The number of nitrogens with zero attached hydrogens (tertiary/aromatic N) is 2. The Hall–Kier alpha value is -0.950. The number of amides is 1. The molecule has 1 saturated heterocycles. The fourth-order valence-electron chi connectivity index (χ4n) is 5.36. The van der Waals surface area contributed by atoms with E-state index in [1.54, 1.807) is 18.2 Å². The monoisotopic (exact) mass is 384 g/mol. The molecule has 3 rings (SSSR count). The van der Waals surface area contributed by atoms with Crippen molar-refractivity contribution in [3.63, 3.8) is 0 Å². The lowest BCUT2D eigenvalue weighted by molar-refractivity contribution is -0.139. The molecule has 0 N–H and O–H groups in total. The van der Waals surface area contributed by atoms with Crippen molar-refractivity contribution in [2.45, 2.75) is 95.5 Å². The number of hydrogen-bond donors (Lipinski definition) is 0. The zero-order valence-electron chi connectivity index (χ0n) is 16.2. The zero-order chi connectivity index (χ0) is 19.1. The molecule has 0 aromatic carbocycles. The van der Waals surface area contributed by atoms with Crippen molar-refractivity contribution in [3.8, 4) is 0 Å². The quantitative estimate of drug-likeness (QED) is 0.748. The van der Waals surface area contributed by atoms with Crippen LogP contribution in [-0.4, -0.2) is 59.2 Å². The smallest absolute Gasteiger partial charge is 0.220 e. The summed E-state index contributed by atoms with van der Waals surface area (Å²) in [5.74, 6) is 0.252. The van der Waals surface area contributed by atoms with Crippen LogP contribution < -0.4 is 0 Å². The molecule has 0 radical (unpaired) electrons. The first-order valence-electron chi connectivity index (χ1n) is 10.0. The number of ketones is 1. The Morgan fingerprint density at radius 1 is 0.885 bits per heavy atom. The summed E-state index contributed by atoms with van der Waals surface area (Å²) in [6, 6.07) is -0.164. The molecule has 26 heavy (non-hydrogen) atoms. The van der Waals surface area contributed by atoms with Gasteiger partial charge in [0.2, 0.25) is 15.9 Å². The molecule has 0 spiro atoms.